The Balaban J connectivity index is 0.000000720. The molecule has 0 amide bonds. The third kappa shape index (κ3) is 19.1. The lowest BCUT2D eigenvalue weighted by molar-refractivity contribution is 0.264. The van der Waals surface area contributed by atoms with Gasteiger partial charge in [0.05, 0.1) is 19.3 Å². The van der Waals surface area contributed by atoms with Gasteiger partial charge in [0.2, 0.25) is 0 Å². The Kier molecular flexibility index (Phi) is 15.3. The molecular weight excluding hydrogens is 663 g/mol. The van der Waals surface area contributed by atoms with E-state index in [0.717, 1.165) is 5.56 Å². The van der Waals surface area contributed by atoms with Crippen LogP contribution in [0.15, 0.2) is 65.0 Å². The summed E-state index contributed by atoms with van der Waals surface area (Å²) < 4.78 is 99.5. The molecule has 0 spiro atoms. The van der Waals surface area contributed by atoms with E-state index in [9.17, 15) is 27.5 Å². The van der Waals surface area contributed by atoms with Gasteiger partial charge in [0.15, 0.2) is 16.6 Å². The van der Waals surface area contributed by atoms with E-state index in [0.29, 0.717) is 12.2 Å². The van der Waals surface area contributed by atoms with Gasteiger partial charge in [-0.2, -0.15) is 12.8 Å². The maximum Gasteiger partial charge on any atom is 0.456 e. The SMILES string of the molecule is CC(C)(C)[Si](C)(C)OC[C@H](N)c1ccccc1.CC(C)(C)[Si](C)(C)OC[C@H](N=S(=O)(F)F)c1ccccc1.O=S(F)(F)(F)F. The molecule has 0 saturated heterocycles. The van der Waals surface area contributed by atoms with Crippen molar-refractivity contribution in [2.75, 3.05) is 13.2 Å². The van der Waals surface area contributed by atoms with Crippen molar-refractivity contribution in [3.63, 3.8) is 0 Å². The molecule has 6 nitrogen and oxygen atoms in total. The van der Waals surface area contributed by atoms with Crippen LogP contribution in [0.5, 0.6) is 0 Å². The van der Waals surface area contributed by atoms with Crippen LogP contribution in [-0.2, 0) is 30.0 Å². The van der Waals surface area contributed by atoms with Gasteiger partial charge in [0.25, 0.3) is 0 Å². The first kappa shape index (κ1) is 42.4. The van der Waals surface area contributed by atoms with Crippen molar-refractivity contribution in [2.45, 2.75) is 89.9 Å². The standard InChI is InChI=1S/C14H23F2NO2SSi.C14H25NOSi.F4OS/c1-14(2,3)21(4,5)19-11-13(17-20(15,16)18)12-9-7-6-8-10-12;1-14(2,3)17(4,5)16-11-13(15)12-9-7-6-8-10-12;1-6(2,3,4)5/h6-10,13H,11H2,1-5H3;6-10,13H,11,15H2,1-5H3;/t2*13-;/m00./s1. The molecule has 0 radical (unpaired) electrons. The Morgan fingerprint density at radius 1 is 0.750 bits per heavy atom. The fraction of sp³-hybridized carbons (Fsp3) is 0.571. The summed E-state index contributed by atoms with van der Waals surface area (Å²) in [4.78, 5) is 0. The van der Waals surface area contributed by atoms with Crippen LogP contribution in [-0.4, -0.2) is 38.3 Å². The van der Waals surface area contributed by atoms with Crippen LogP contribution in [0.2, 0.25) is 36.3 Å². The molecule has 44 heavy (non-hydrogen) atoms. The molecule has 0 unspecified atom stereocenters. The summed E-state index contributed by atoms with van der Waals surface area (Å²) in [5.41, 5.74) is 7.87. The van der Waals surface area contributed by atoms with Crippen molar-refractivity contribution in [1.29, 1.82) is 0 Å². The summed E-state index contributed by atoms with van der Waals surface area (Å²) in [6.07, 6.45) is 0. The third-order valence-electron chi connectivity index (χ3n) is 7.50. The first-order valence-corrected chi connectivity index (χ1v) is 22.4. The fourth-order valence-corrected chi connectivity index (χ4v) is 5.34. The minimum atomic E-state index is -8.10. The van der Waals surface area contributed by atoms with Crippen LogP contribution in [0.25, 0.3) is 0 Å². The van der Waals surface area contributed by atoms with E-state index in [1.54, 1.807) is 30.3 Å². The number of rotatable bonds is 9. The van der Waals surface area contributed by atoms with Crippen molar-refractivity contribution in [3.8, 4) is 0 Å². The summed E-state index contributed by atoms with van der Waals surface area (Å²) in [5, 5.41) is 0.213. The highest BCUT2D eigenvalue weighted by atomic mass is 32.4. The maximum atomic E-state index is 12.8. The van der Waals surface area contributed by atoms with E-state index < -0.39 is 43.8 Å². The summed E-state index contributed by atoms with van der Waals surface area (Å²) in [6, 6.07) is 17.9. The molecule has 0 bridgehead atoms. The maximum absolute atomic E-state index is 12.8. The molecule has 2 rings (SSSR count). The fourth-order valence-electron chi connectivity index (χ4n) is 2.83. The zero-order chi connectivity index (χ0) is 34.9. The molecular formula is C28H48F6N2O4S2Si2. The van der Waals surface area contributed by atoms with Gasteiger partial charge >= 0.3 is 21.1 Å². The molecule has 0 saturated carbocycles. The molecule has 2 aromatic carbocycles. The van der Waals surface area contributed by atoms with Gasteiger partial charge in [-0.3, -0.25) is 0 Å². The van der Waals surface area contributed by atoms with Crippen molar-refractivity contribution >= 4 is 37.7 Å². The molecule has 2 atom stereocenters. The largest absolute Gasteiger partial charge is 0.456 e. The molecule has 0 aliphatic carbocycles. The van der Waals surface area contributed by atoms with Gasteiger partial charge in [-0.1, -0.05) is 126 Å². The first-order valence-electron chi connectivity index (χ1n) is 13.7. The number of nitrogens with zero attached hydrogens (tertiary/aromatic N) is 1. The minimum absolute atomic E-state index is 0.0192. The Morgan fingerprint density at radius 3 is 1.39 bits per heavy atom. The topological polar surface area (TPSA) is 91.0 Å². The second-order valence-electron chi connectivity index (χ2n) is 13.2. The highest BCUT2D eigenvalue weighted by Crippen LogP contribution is 2.38. The van der Waals surface area contributed by atoms with Gasteiger partial charge in [-0.15, -0.1) is 0 Å². The Bertz CT molecular complexity index is 1310. The number of benzene rings is 2. The molecule has 16 heteroatoms. The minimum Gasteiger partial charge on any atom is -0.415 e. The van der Waals surface area contributed by atoms with Gasteiger partial charge in [-0.25, -0.2) is 0 Å². The molecule has 0 aliphatic rings. The average Bonchev–Trinajstić information content (AvgIpc) is 2.83. The van der Waals surface area contributed by atoms with E-state index in [1.165, 1.54) is 0 Å². The average molecular weight is 711 g/mol. The molecule has 0 fully saturated rings. The van der Waals surface area contributed by atoms with Crippen LogP contribution in [0, 0.1) is 0 Å². The van der Waals surface area contributed by atoms with E-state index >= 15 is 0 Å². The van der Waals surface area contributed by atoms with Crippen LogP contribution in [0.1, 0.15) is 64.8 Å². The normalized spacial score (nSPS) is 15.3. The molecule has 2 aromatic rings. The highest BCUT2D eigenvalue weighted by Gasteiger charge is 2.38. The van der Waals surface area contributed by atoms with Crippen LogP contribution < -0.4 is 5.73 Å². The van der Waals surface area contributed by atoms with Crippen LogP contribution in [0.4, 0.5) is 23.3 Å². The van der Waals surface area contributed by atoms with Crippen molar-refractivity contribution in [2.24, 2.45) is 10.1 Å². The van der Waals surface area contributed by atoms with Crippen molar-refractivity contribution in [3.05, 3.63) is 71.8 Å². The number of hydrogen-bond donors (Lipinski definition) is 1. The Hall–Kier alpha value is -1.57. The lowest BCUT2D eigenvalue weighted by Gasteiger charge is -2.37. The molecule has 2 N–H and O–H groups in total. The third-order valence-corrected chi connectivity index (χ3v) is 17.0. The van der Waals surface area contributed by atoms with Gasteiger partial charge in [-0.05, 0) is 47.4 Å². The van der Waals surface area contributed by atoms with E-state index in [4.69, 9.17) is 18.8 Å². The molecule has 256 valence electrons. The number of hydrogen-bond acceptors (Lipinski definition) is 6. The summed E-state index contributed by atoms with van der Waals surface area (Å²) in [7, 11) is -17.0. The quantitative estimate of drug-likeness (QED) is 0.159. The summed E-state index contributed by atoms with van der Waals surface area (Å²) >= 11 is 0. The Labute approximate surface area is 262 Å². The smallest absolute Gasteiger partial charge is 0.415 e. The Morgan fingerprint density at radius 2 is 1.07 bits per heavy atom. The zero-order valence-corrected chi connectivity index (χ0v) is 30.7. The second kappa shape index (κ2) is 15.8. The lowest BCUT2D eigenvalue weighted by atomic mass is 10.1. The van der Waals surface area contributed by atoms with Gasteiger partial charge in [0, 0.05) is 0 Å². The molecule has 0 aliphatic heterocycles. The molecule has 0 aromatic heterocycles. The number of halogens is 6. The monoisotopic (exact) mass is 710 g/mol. The summed E-state index contributed by atoms with van der Waals surface area (Å²) in [5.74, 6) is 0. The van der Waals surface area contributed by atoms with Crippen LogP contribution >= 0.6 is 0 Å². The zero-order valence-electron chi connectivity index (χ0n) is 27.1. The summed E-state index contributed by atoms with van der Waals surface area (Å²) in [6.45, 7) is 22.2. The lowest BCUT2D eigenvalue weighted by Crippen LogP contribution is -2.42. The first-order chi connectivity index (χ1) is 19.4. The second-order valence-corrected chi connectivity index (χ2v) is 25.0. The number of nitrogens with two attached hydrogens (primary N) is 1. The van der Waals surface area contributed by atoms with Crippen molar-refractivity contribution in [1.82, 2.24) is 0 Å². The predicted octanol–water partition coefficient (Wildman–Crippen LogP) is 10.0. The predicted molar refractivity (Wildman–Crippen MR) is 174 cm³/mol. The van der Waals surface area contributed by atoms with E-state index in [-0.39, 0.29) is 22.7 Å². The van der Waals surface area contributed by atoms with Gasteiger partial charge in [0.1, 0.15) is 6.04 Å². The van der Waals surface area contributed by atoms with Crippen LogP contribution in [0.3, 0.4) is 0 Å². The van der Waals surface area contributed by atoms with Gasteiger partial charge < -0.3 is 14.6 Å². The van der Waals surface area contributed by atoms with E-state index in [1.807, 2.05) is 31.3 Å². The molecule has 0 heterocycles. The van der Waals surface area contributed by atoms with Crippen molar-refractivity contribution < 1.29 is 40.6 Å². The van der Waals surface area contributed by atoms with E-state index in [2.05, 4.69) is 71.1 Å². The highest BCUT2D eigenvalue weighted by molar-refractivity contribution is 8.01.